The summed E-state index contributed by atoms with van der Waals surface area (Å²) in [6.07, 6.45) is 4.55. The molecule has 0 radical (unpaired) electrons. The third-order valence-corrected chi connectivity index (χ3v) is 4.08. The van der Waals surface area contributed by atoms with Gasteiger partial charge >= 0.3 is 5.97 Å². The molecule has 3 heteroatoms. The Labute approximate surface area is 121 Å². The number of esters is 1. The highest BCUT2D eigenvalue weighted by molar-refractivity contribution is 5.89. The summed E-state index contributed by atoms with van der Waals surface area (Å²) in [6, 6.07) is 6.59. The summed E-state index contributed by atoms with van der Waals surface area (Å²) in [7, 11) is 1.43. The van der Waals surface area contributed by atoms with Crippen LogP contribution in [0.1, 0.15) is 48.2 Å². The van der Waals surface area contributed by atoms with Crippen molar-refractivity contribution >= 4 is 5.97 Å². The van der Waals surface area contributed by atoms with Crippen LogP contribution in [0.25, 0.3) is 0 Å². The Kier molecular flexibility index (Phi) is 5.18. The fourth-order valence-corrected chi connectivity index (χ4v) is 3.15. The lowest BCUT2D eigenvalue weighted by molar-refractivity contribution is 0.0600. The molecule has 110 valence electrons. The van der Waals surface area contributed by atoms with Gasteiger partial charge in [-0.15, -0.1) is 0 Å². The van der Waals surface area contributed by atoms with E-state index in [1.807, 2.05) is 12.1 Å². The Balaban J connectivity index is 2.11. The standard InChI is InChI=1S/C17H25NO2/c1-4-8-18(9-5-2)16-11-13-6-7-14(17(19)20-3)10-15(13)12-16/h6-7,10,16H,4-5,8-9,11-12H2,1-3H3. The van der Waals surface area contributed by atoms with Crippen LogP contribution in [0, 0.1) is 0 Å². The van der Waals surface area contributed by atoms with E-state index in [4.69, 9.17) is 4.74 Å². The highest BCUT2D eigenvalue weighted by atomic mass is 16.5. The van der Waals surface area contributed by atoms with Gasteiger partial charge in [-0.3, -0.25) is 4.90 Å². The Morgan fingerprint density at radius 1 is 1.20 bits per heavy atom. The molecule has 20 heavy (non-hydrogen) atoms. The van der Waals surface area contributed by atoms with Gasteiger partial charge < -0.3 is 4.74 Å². The molecule has 0 aliphatic heterocycles. The summed E-state index contributed by atoms with van der Waals surface area (Å²) < 4.78 is 4.80. The molecule has 0 spiro atoms. The summed E-state index contributed by atoms with van der Waals surface area (Å²) in [6.45, 7) is 6.80. The number of carbonyl (C=O) groups is 1. The predicted molar refractivity (Wildman–Crippen MR) is 81.1 cm³/mol. The van der Waals surface area contributed by atoms with Crippen molar-refractivity contribution in [2.24, 2.45) is 0 Å². The molecular weight excluding hydrogens is 250 g/mol. The second-order valence-corrected chi connectivity index (χ2v) is 5.57. The molecule has 1 aliphatic rings. The van der Waals surface area contributed by atoms with Crippen LogP contribution in [0.15, 0.2) is 18.2 Å². The van der Waals surface area contributed by atoms with Gasteiger partial charge in [-0.1, -0.05) is 19.9 Å². The van der Waals surface area contributed by atoms with Crippen LogP contribution in [0.3, 0.4) is 0 Å². The van der Waals surface area contributed by atoms with Crippen LogP contribution in [-0.2, 0) is 17.6 Å². The molecule has 2 rings (SSSR count). The monoisotopic (exact) mass is 275 g/mol. The van der Waals surface area contributed by atoms with Crippen molar-refractivity contribution in [1.82, 2.24) is 4.90 Å². The lowest BCUT2D eigenvalue weighted by Gasteiger charge is -2.27. The maximum Gasteiger partial charge on any atom is 0.337 e. The molecule has 1 unspecified atom stereocenters. The normalized spacial score (nSPS) is 17.3. The maximum absolute atomic E-state index is 11.6. The van der Waals surface area contributed by atoms with Crippen LogP contribution in [-0.4, -0.2) is 37.1 Å². The lowest BCUT2D eigenvalue weighted by atomic mass is 10.1. The van der Waals surface area contributed by atoms with Crippen molar-refractivity contribution in [2.45, 2.75) is 45.6 Å². The fourth-order valence-electron chi connectivity index (χ4n) is 3.15. The zero-order chi connectivity index (χ0) is 14.5. The van der Waals surface area contributed by atoms with Gasteiger partial charge in [-0.25, -0.2) is 4.79 Å². The number of carbonyl (C=O) groups excluding carboxylic acids is 1. The number of hydrogen-bond donors (Lipinski definition) is 0. The smallest absolute Gasteiger partial charge is 0.337 e. The molecule has 0 N–H and O–H groups in total. The topological polar surface area (TPSA) is 29.5 Å². The first-order chi connectivity index (χ1) is 9.69. The van der Waals surface area contributed by atoms with E-state index in [2.05, 4.69) is 24.8 Å². The highest BCUT2D eigenvalue weighted by Crippen LogP contribution is 2.27. The minimum absolute atomic E-state index is 0.241. The Hall–Kier alpha value is -1.35. The number of hydrogen-bond acceptors (Lipinski definition) is 3. The van der Waals surface area contributed by atoms with Crippen LogP contribution in [0.5, 0.6) is 0 Å². The number of benzene rings is 1. The van der Waals surface area contributed by atoms with Gasteiger partial charge in [0.15, 0.2) is 0 Å². The predicted octanol–water partition coefficient (Wildman–Crippen LogP) is 3.06. The summed E-state index contributed by atoms with van der Waals surface area (Å²) >= 11 is 0. The molecule has 0 aromatic heterocycles. The van der Waals surface area contributed by atoms with E-state index >= 15 is 0 Å². The van der Waals surface area contributed by atoms with E-state index in [1.165, 1.54) is 31.1 Å². The zero-order valence-corrected chi connectivity index (χ0v) is 12.8. The molecule has 0 amide bonds. The average molecular weight is 275 g/mol. The van der Waals surface area contributed by atoms with E-state index in [0.717, 1.165) is 25.9 Å². The minimum Gasteiger partial charge on any atom is -0.465 e. The van der Waals surface area contributed by atoms with Gasteiger partial charge in [0.05, 0.1) is 12.7 Å². The third-order valence-electron chi connectivity index (χ3n) is 4.08. The third kappa shape index (κ3) is 3.21. The summed E-state index contributed by atoms with van der Waals surface area (Å²) in [5.74, 6) is -0.241. The van der Waals surface area contributed by atoms with Crippen molar-refractivity contribution < 1.29 is 9.53 Å². The highest BCUT2D eigenvalue weighted by Gasteiger charge is 2.26. The molecule has 1 aliphatic carbocycles. The first-order valence-corrected chi connectivity index (χ1v) is 7.63. The quantitative estimate of drug-likeness (QED) is 0.747. The number of methoxy groups -OCH3 is 1. The number of nitrogens with zero attached hydrogens (tertiary/aromatic N) is 1. The summed E-state index contributed by atoms with van der Waals surface area (Å²) in [5, 5.41) is 0. The van der Waals surface area contributed by atoms with Crippen LogP contribution in [0.2, 0.25) is 0 Å². The molecular formula is C17H25NO2. The van der Waals surface area contributed by atoms with Gasteiger partial charge in [0.1, 0.15) is 0 Å². The molecule has 1 aromatic carbocycles. The SMILES string of the molecule is CCCN(CCC)C1Cc2ccc(C(=O)OC)cc2C1. The minimum atomic E-state index is -0.241. The van der Waals surface area contributed by atoms with Crippen LogP contribution >= 0.6 is 0 Å². The van der Waals surface area contributed by atoms with Crippen molar-refractivity contribution in [3.05, 3.63) is 34.9 Å². The van der Waals surface area contributed by atoms with Gasteiger partial charge in [-0.05, 0) is 62.0 Å². The largest absolute Gasteiger partial charge is 0.465 e. The Morgan fingerprint density at radius 2 is 1.85 bits per heavy atom. The molecule has 0 fully saturated rings. The average Bonchev–Trinajstić information content (AvgIpc) is 2.89. The van der Waals surface area contributed by atoms with Crippen molar-refractivity contribution in [3.8, 4) is 0 Å². The van der Waals surface area contributed by atoms with Gasteiger partial charge in [-0.2, -0.15) is 0 Å². The molecule has 1 atom stereocenters. The van der Waals surface area contributed by atoms with Gasteiger partial charge in [0.2, 0.25) is 0 Å². The fraction of sp³-hybridized carbons (Fsp3) is 0.588. The second kappa shape index (κ2) is 6.89. The first kappa shape index (κ1) is 15.0. The lowest BCUT2D eigenvalue weighted by Crippen LogP contribution is -2.37. The maximum atomic E-state index is 11.6. The number of fused-ring (bicyclic) bond motifs is 1. The number of ether oxygens (including phenoxy) is 1. The molecule has 1 aromatic rings. The summed E-state index contributed by atoms with van der Waals surface area (Å²) in [5.41, 5.74) is 3.37. The first-order valence-electron chi connectivity index (χ1n) is 7.63. The van der Waals surface area contributed by atoms with E-state index in [0.29, 0.717) is 11.6 Å². The van der Waals surface area contributed by atoms with Crippen LogP contribution < -0.4 is 0 Å². The van der Waals surface area contributed by atoms with E-state index in [-0.39, 0.29) is 5.97 Å². The molecule has 0 saturated carbocycles. The van der Waals surface area contributed by atoms with Gasteiger partial charge in [0, 0.05) is 6.04 Å². The molecule has 3 nitrogen and oxygen atoms in total. The van der Waals surface area contributed by atoms with Crippen molar-refractivity contribution in [2.75, 3.05) is 20.2 Å². The van der Waals surface area contributed by atoms with E-state index in [9.17, 15) is 4.79 Å². The van der Waals surface area contributed by atoms with Gasteiger partial charge in [0.25, 0.3) is 0 Å². The zero-order valence-electron chi connectivity index (χ0n) is 12.8. The Morgan fingerprint density at radius 3 is 2.45 bits per heavy atom. The Bertz CT molecular complexity index is 464. The van der Waals surface area contributed by atoms with E-state index < -0.39 is 0 Å². The second-order valence-electron chi connectivity index (χ2n) is 5.57. The van der Waals surface area contributed by atoms with Crippen molar-refractivity contribution in [1.29, 1.82) is 0 Å². The van der Waals surface area contributed by atoms with E-state index in [1.54, 1.807) is 0 Å². The van der Waals surface area contributed by atoms with Crippen LogP contribution in [0.4, 0.5) is 0 Å². The summed E-state index contributed by atoms with van der Waals surface area (Å²) in [4.78, 5) is 14.2. The molecule has 0 heterocycles. The number of rotatable bonds is 6. The molecule has 0 saturated heterocycles. The molecule has 0 bridgehead atoms. The van der Waals surface area contributed by atoms with Crippen molar-refractivity contribution in [3.63, 3.8) is 0 Å².